The van der Waals surface area contributed by atoms with Gasteiger partial charge in [-0.1, -0.05) is 6.92 Å². The smallest absolute Gasteiger partial charge is 0.186 e. The molecule has 3 nitrogen and oxygen atoms in total. The Morgan fingerprint density at radius 2 is 2.22 bits per heavy atom. The largest absolute Gasteiger partial charge is 0.467 e. The van der Waals surface area contributed by atoms with Gasteiger partial charge in [0.05, 0.1) is 6.04 Å². The van der Waals surface area contributed by atoms with Gasteiger partial charge in [-0.25, -0.2) is 4.39 Å². The van der Waals surface area contributed by atoms with Crippen LogP contribution in [0.5, 0.6) is 5.75 Å². The average Bonchev–Trinajstić information content (AvgIpc) is 2.33. The summed E-state index contributed by atoms with van der Waals surface area (Å²) >= 11 is 5.31. The Hall–Kier alpha value is -1.36. The fraction of sp³-hybridized carbons (Fsp3) is 0.462. The SMILES string of the molecule is CC1C2NC(=S)N(C)C1(C)Oc1ccc(F)cc12. The first-order valence-corrected chi connectivity index (χ1v) is 6.37. The number of fused-ring (bicyclic) bond motifs is 4. The Kier molecular flexibility index (Phi) is 2.32. The number of nitrogens with one attached hydrogen (secondary N) is 1. The predicted octanol–water partition coefficient (Wildman–Crippen LogP) is 2.43. The number of halogens is 1. The summed E-state index contributed by atoms with van der Waals surface area (Å²) < 4.78 is 19.5. The minimum atomic E-state index is -0.488. The molecule has 0 aromatic heterocycles. The first kappa shape index (κ1) is 11.7. The highest BCUT2D eigenvalue weighted by atomic mass is 32.1. The standard InChI is InChI=1S/C13H15FN2OS/c1-7-11-9-6-8(14)4-5-10(9)17-13(7,2)16(3)12(18)15-11/h4-7,11H,1-3H3,(H,15,18). The van der Waals surface area contributed by atoms with Gasteiger partial charge >= 0.3 is 0 Å². The second-order valence-corrected chi connectivity index (χ2v) is 5.50. The van der Waals surface area contributed by atoms with Crippen molar-refractivity contribution >= 4 is 17.3 Å². The van der Waals surface area contributed by atoms with Crippen LogP contribution in [-0.4, -0.2) is 22.8 Å². The van der Waals surface area contributed by atoms with Gasteiger partial charge in [-0.15, -0.1) is 0 Å². The predicted molar refractivity (Wildman–Crippen MR) is 70.8 cm³/mol. The van der Waals surface area contributed by atoms with Crippen LogP contribution in [-0.2, 0) is 0 Å². The number of nitrogens with zero attached hydrogens (tertiary/aromatic N) is 1. The van der Waals surface area contributed by atoms with Crippen LogP contribution in [0.25, 0.3) is 0 Å². The zero-order chi connectivity index (χ0) is 13.1. The molecular weight excluding hydrogens is 251 g/mol. The van der Waals surface area contributed by atoms with Crippen LogP contribution in [0.15, 0.2) is 18.2 Å². The molecule has 18 heavy (non-hydrogen) atoms. The van der Waals surface area contributed by atoms with Crippen molar-refractivity contribution in [2.45, 2.75) is 25.6 Å². The van der Waals surface area contributed by atoms with E-state index in [1.165, 1.54) is 12.1 Å². The second kappa shape index (κ2) is 3.57. The van der Waals surface area contributed by atoms with Crippen LogP contribution >= 0.6 is 12.2 Å². The molecule has 2 aliphatic heterocycles. The van der Waals surface area contributed by atoms with Crippen molar-refractivity contribution in [2.24, 2.45) is 5.92 Å². The Labute approximate surface area is 111 Å². The number of hydrogen-bond donors (Lipinski definition) is 1. The third-order valence-corrected chi connectivity index (χ3v) is 4.61. The number of ether oxygens (including phenoxy) is 1. The first-order valence-electron chi connectivity index (χ1n) is 5.96. The van der Waals surface area contributed by atoms with E-state index in [4.69, 9.17) is 17.0 Å². The monoisotopic (exact) mass is 266 g/mol. The molecule has 1 fully saturated rings. The minimum Gasteiger partial charge on any atom is -0.467 e. The fourth-order valence-electron chi connectivity index (χ4n) is 2.76. The van der Waals surface area contributed by atoms with Gasteiger partial charge in [0.25, 0.3) is 0 Å². The van der Waals surface area contributed by atoms with Crippen molar-refractivity contribution in [3.05, 3.63) is 29.6 Å². The lowest BCUT2D eigenvalue weighted by molar-refractivity contribution is -0.0999. The third-order valence-electron chi connectivity index (χ3n) is 4.22. The van der Waals surface area contributed by atoms with Crippen LogP contribution in [0.2, 0.25) is 0 Å². The molecule has 96 valence electrons. The van der Waals surface area contributed by atoms with Gasteiger partial charge in [0.2, 0.25) is 0 Å². The van der Waals surface area contributed by atoms with Crippen molar-refractivity contribution in [3.63, 3.8) is 0 Å². The van der Waals surface area contributed by atoms with E-state index < -0.39 is 5.72 Å². The summed E-state index contributed by atoms with van der Waals surface area (Å²) in [5.41, 5.74) is 0.355. The molecule has 1 saturated heterocycles. The quantitative estimate of drug-likeness (QED) is 0.729. The summed E-state index contributed by atoms with van der Waals surface area (Å²) in [6.07, 6.45) is 0. The van der Waals surface area contributed by atoms with E-state index in [9.17, 15) is 4.39 Å². The normalized spacial score (nSPS) is 33.6. The molecule has 3 rings (SSSR count). The topological polar surface area (TPSA) is 24.5 Å². The fourth-order valence-corrected chi connectivity index (χ4v) is 3.07. The van der Waals surface area contributed by atoms with Crippen LogP contribution in [0, 0.1) is 11.7 Å². The van der Waals surface area contributed by atoms with Gasteiger partial charge < -0.3 is 15.0 Å². The zero-order valence-electron chi connectivity index (χ0n) is 10.5. The lowest BCUT2D eigenvalue weighted by Gasteiger charge is -2.55. The molecule has 1 aromatic rings. The van der Waals surface area contributed by atoms with E-state index in [0.29, 0.717) is 5.11 Å². The Morgan fingerprint density at radius 1 is 1.50 bits per heavy atom. The highest BCUT2D eigenvalue weighted by Crippen LogP contribution is 2.47. The van der Waals surface area contributed by atoms with Crippen molar-refractivity contribution < 1.29 is 9.13 Å². The van der Waals surface area contributed by atoms with E-state index in [0.717, 1.165) is 11.3 Å². The van der Waals surface area contributed by atoms with E-state index in [-0.39, 0.29) is 17.8 Å². The first-order chi connectivity index (χ1) is 8.43. The number of thiocarbonyl (C=S) groups is 1. The van der Waals surface area contributed by atoms with Gasteiger partial charge in [0.15, 0.2) is 10.8 Å². The molecule has 0 radical (unpaired) electrons. The summed E-state index contributed by atoms with van der Waals surface area (Å²) in [5, 5.41) is 3.90. The molecule has 3 unspecified atom stereocenters. The summed E-state index contributed by atoms with van der Waals surface area (Å²) in [4.78, 5) is 1.93. The number of hydrogen-bond acceptors (Lipinski definition) is 2. The zero-order valence-corrected chi connectivity index (χ0v) is 11.3. The third kappa shape index (κ3) is 1.37. The minimum absolute atomic E-state index is 0.00171. The van der Waals surface area contributed by atoms with Crippen LogP contribution in [0.3, 0.4) is 0 Å². The van der Waals surface area contributed by atoms with Gasteiger partial charge in [-0.3, -0.25) is 0 Å². The van der Waals surface area contributed by atoms with Crippen molar-refractivity contribution in [1.29, 1.82) is 0 Å². The molecule has 0 amide bonds. The Morgan fingerprint density at radius 3 is 2.94 bits per heavy atom. The lowest BCUT2D eigenvalue weighted by atomic mass is 9.81. The maximum atomic E-state index is 13.4. The van der Waals surface area contributed by atoms with Crippen LogP contribution in [0.1, 0.15) is 25.5 Å². The lowest BCUT2D eigenvalue weighted by Crippen LogP contribution is -2.67. The molecular formula is C13H15FN2OS. The van der Waals surface area contributed by atoms with E-state index >= 15 is 0 Å². The van der Waals surface area contributed by atoms with Crippen LogP contribution in [0.4, 0.5) is 4.39 Å². The Bertz CT molecular complexity index is 536. The summed E-state index contributed by atoms with van der Waals surface area (Å²) in [6.45, 7) is 4.11. The van der Waals surface area contributed by atoms with Crippen molar-refractivity contribution in [3.8, 4) is 5.75 Å². The highest BCUT2D eigenvalue weighted by molar-refractivity contribution is 7.80. The van der Waals surface area contributed by atoms with E-state index in [1.54, 1.807) is 6.07 Å². The molecule has 0 aliphatic carbocycles. The molecule has 2 bridgehead atoms. The molecule has 1 N–H and O–H groups in total. The van der Waals surface area contributed by atoms with Crippen molar-refractivity contribution in [1.82, 2.24) is 10.2 Å². The molecule has 1 aromatic carbocycles. The summed E-state index contributed by atoms with van der Waals surface area (Å²) in [7, 11) is 1.91. The van der Waals surface area contributed by atoms with Crippen LogP contribution < -0.4 is 10.1 Å². The molecule has 0 spiro atoms. The van der Waals surface area contributed by atoms with E-state index in [1.807, 2.05) is 18.9 Å². The number of rotatable bonds is 0. The maximum Gasteiger partial charge on any atom is 0.186 e. The Balaban J connectivity index is 2.17. The van der Waals surface area contributed by atoms with Gasteiger partial charge in [-0.05, 0) is 37.3 Å². The maximum absolute atomic E-state index is 13.4. The molecule has 5 heteroatoms. The highest BCUT2D eigenvalue weighted by Gasteiger charge is 2.51. The van der Waals surface area contributed by atoms with E-state index in [2.05, 4.69) is 12.2 Å². The molecule has 3 atom stereocenters. The number of benzene rings is 1. The van der Waals surface area contributed by atoms with Crippen molar-refractivity contribution in [2.75, 3.05) is 7.05 Å². The van der Waals surface area contributed by atoms with Gasteiger partial charge in [0, 0.05) is 18.5 Å². The molecule has 2 aliphatic rings. The summed E-state index contributed by atoms with van der Waals surface area (Å²) in [6, 6.07) is 4.63. The second-order valence-electron chi connectivity index (χ2n) is 5.11. The van der Waals surface area contributed by atoms with Gasteiger partial charge in [0.1, 0.15) is 11.6 Å². The molecule has 2 heterocycles. The average molecular weight is 266 g/mol. The summed E-state index contributed by atoms with van der Waals surface area (Å²) in [5.74, 6) is 0.646. The molecule has 0 saturated carbocycles. The van der Waals surface area contributed by atoms with Gasteiger partial charge in [-0.2, -0.15) is 0 Å².